The van der Waals surface area contributed by atoms with Crippen LogP contribution in [0.4, 0.5) is 0 Å². The van der Waals surface area contributed by atoms with Crippen molar-refractivity contribution in [1.82, 2.24) is 0 Å². The number of esters is 3. The van der Waals surface area contributed by atoms with Gasteiger partial charge in [0.05, 0.1) is 16.7 Å². The number of benzene rings is 3. The Morgan fingerprint density at radius 2 is 0.889 bits per heavy atom. The minimum absolute atomic E-state index is 0.488. The van der Waals surface area contributed by atoms with Crippen LogP contribution in [0.5, 0.6) is 51.7 Å². The van der Waals surface area contributed by atoms with Gasteiger partial charge in [0, 0.05) is 0 Å². The molecule has 4 rings (SSSR count). The van der Waals surface area contributed by atoms with Gasteiger partial charge in [0.25, 0.3) is 0 Å². The number of hydrogen-bond donors (Lipinski definition) is 11. The standard InChI is InChI=1S/C27H24O18/c28-11-1-8(2-12(29)18(11)34)24(38)42-7-17-22(44-25(39)9-3-13(30)19(35)14(31)4-9)23(21(37)27(41)43-17)45-26(40)10-5-15(32)20(36)16(33)6-10/h1-6,17,21-23,27-37,41H,7H2/t17-,21-,22-,23-,27-/m1/s1. The number of rotatable bonds is 7. The highest BCUT2D eigenvalue weighted by atomic mass is 16.7. The van der Waals surface area contributed by atoms with Crippen molar-refractivity contribution >= 4 is 17.9 Å². The van der Waals surface area contributed by atoms with Gasteiger partial charge in [-0.2, -0.15) is 0 Å². The topological polar surface area (TPSA) is 311 Å². The summed E-state index contributed by atoms with van der Waals surface area (Å²) < 4.78 is 20.8. The van der Waals surface area contributed by atoms with Crippen LogP contribution in [0.2, 0.25) is 0 Å². The van der Waals surface area contributed by atoms with E-state index in [1.54, 1.807) is 0 Å². The first-order valence-electron chi connectivity index (χ1n) is 12.4. The molecule has 0 bridgehead atoms. The van der Waals surface area contributed by atoms with E-state index in [1.807, 2.05) is 0 Å². The van der Waals surface area contributed by atoms with Crippen molar-refractivity contribution in [1.29, 1.82) is 0 Å². The van der Waals surface area contributed by atoms with Gasteiger partial charge in [-0.15, -0.1) is 0 Å². The normalized spacial score (nSPS) is 21.1. The molecule has 0 aromatic heterocycles. The first kappa shape index (κ1) is 32.1. The Morgan fingerprint density at radius 1 is 0.556 bits per heavy atom. The zero-order chi connectivity index (χ0) is 33.3. The number of carbonyl (C=O) groups excluding carboxylic acids is 3. The van der Waals surface area contributed by atoms with Crippen molar-refractivity contribution in [3.05, 3.63) is 53.1 Å². The monoisotopic (exact) mass is 636 g/mol. The number of carbonyl (C=O) groups is 3. The lowest BCUT2D eigenvalue weighted by molar-refractivity contribution is -0.285. The van der Waals surface area contributed by atoms with Crippen LogP contribution in [0.1, 0.15) is 31.1 Å². The predicted molar refractivity (Wildman–Crippen MR) is 140 cm³/mol. The van der Waals surface area contributed by atoms with Crippen molar-refractivity contribution < 1.29 is 89.5 Å². The summed E-state index contributed by atoms with van der Waals surface area (Å²) in [5, 5.41) is 108. The SMILES string of the molecule is O=C(OC[C@H]1O[C@@H](O)[C@H](O)[C@@H](OC(=O)c2cc(O)c(O)c(O)c2)[C@@H]1OC(=O)c1cc(O)c(O)c(O)c1)c1cc(O)c(O)c(O)c1. The zero-order valence-electron chi connectivity index (χ0n) is 22.3. The largest absolute Gasteiger partial charge is 0.504 e. The average molecular weight is 636 g/mol. The van der Waals surface area contributed by atoms with Gasteiger partial charge < -0.3 is 75.1 Å². The summed E-state index contributed by atoms with van der Waals surface area (Å²) in [5.41, 5.74) is -1.67. The van der Waals surface area contributed by atoms with Crippen LogP contribution in [0, 0.1) is 0 Å². The maximum Gasteiger partial charge on any atom is 0.338 e. The molecule has 18 heteroatoms. The van der Waals surface area contributed by atoms with Crippen molar-refractivity contribution in [2.24, 2.45) is 0 Å². The number of phenolic OH excluding ortho intramolecular Hbond substituents is 9. The Hall–Kier alpha value is -5.85. The lowest BCUT2D eigenvalue weighted by Crippen LogP contribution is -2.61. The molecule has 1 fully saturated rings. The zero-order valence-corrected chi connectivity index (χ0v) is 22.3. The highest BCUT2D eigenvalue weighted by Gasteiger charge is 2.50. The Labute approximate surface area is 249 Å². The molecule has 1 heterocycles. The molecule has 0 amide bonds. The predicted octanol–water partition coefficient (Wildman–Crippen LogP) is -0.277. The fourth-order valence-electron chi connectivity index (χ4n) is 4.11. The molecule has 1 aliphatic heterocycles. The van der Waals surface area contributed by atoms with Gasteiger partial charge >= 0.3 is 17.9 Å². The average Bonchev–Trinajstić information content (AvgIpc) is 2.98. The van der Waals surface area contributed by atoms with Crippen LogP contribution in [-0.4, -0.2) is 111 Å². The first-order valence-corrected chi connectivity index (χ1v) is 12.4. The summed E-state index contributed by atoms with van der Waals surface area (Å²) in [6, 6.07) is 4.15. The van der Waals surface area contributed by atoms with Crippen LogP contribution in [0.3, 0.4) is 0 Å². The van der Waals surface area contributed by atoms with E-state index in [0.717, 1.165) is 12.1 Å². The Kier molecular flexibility index (Phi) is 8.84. The first-order chi connectivity index (χ1) is 21.1. The van der Waals surface area contributed by atoms with E-state index in [1.165, 1.54) is 0 Å². The van der Waals surface area contributed by atoms with Crippen LogP contribution in [0.15, 0.2) is 36.4 Å². The second kappa shape index (κ2) is 12.4. The fourth-order valence-corrected chi connectivity index (χ4v) is 4.11. The van der Waals surface area contributed by atoms with E-state index >= 15 is 0 Å². The lowest BCUT2D eigenvalue weighted by atomic mass is 9.98. The second-order valence-corrected chi connectivity index (χ2v) is 9.48. The molecule has 0 spiro atoms. The molecule has 1 aliphatic rings. The number of aromatic hydroxyl groups is 9. The number of aliphatic hydroxyl groups is 2. The summed E-state index contributed by atoms with van der Waals surface area (Å²) in [6.07, 6.45) is -10.2. The molecule has 0 saturated carbocycles. The smallest absolute Gasteiger partial charge is 0.338 e. The number of hydrogen-bond acceptors (Lipinski definition) is 18. The van der Waals surface area contributed by atoms with Gasteiger partial charge in [0.15, 0.2) is 70.2 Å². The minimum Gasteiger partial charge on any atom is -0.504 e. The van der Waals surface area contributed by atoms with Crippen LogP contribution >= 0.6 is 0 Å². The Morgan fingerprint density at radius 3 is 1.27 bits per heavy atom. The van der Waals surface area contributed by atoms with E-state index in [4.69, 9.17) is 18.9 Å². The van der Waals surface area contributed by atoms with Crippen molar-refractivity contribution in [2.75, 3.05) is 6.61 Å². The fraction of sp³-hybridized carbons (Fsp3) is 0.222. The third kappa shape index (κ3) is 6.56. The molecule has 3 aromatic carbocycles. The quantitative estimate of drug-likeness (QED) is 0.0902. The second-order valence-electron chi connectivity index (χ2n) is 9.48. The van der Waals surface area contributed by atoms with Gasteiger partial charge in [0.1, 0.15) is 18.8 Å². The van der Waals surface area contributed by atoms with Crippen LogP contribution in [-0.2, 0) is 18.9 Å². The van der Waals surface area contributed by atoms with E-state index in [2.05, 4.69) is 0 Å². The summed E-state index contributed by atoms with van der Waals surface area (Å²) in [7, 11) is 0. The maximum absolute atomic E-state index is 13.0. The van der Waals surface area contributed by atoms with Crippen molar-refractivity contribution in [3.8, 4) is 51.7 Å². The summed E-state index contributed by atoms with van der Waals surface area (Å²) >= 11 is 0. The minimum atomic E-state index is -2.19. The third-order valence-corrected chi connectivity index (χ3v) is 6.41. The molecule has 18 nitrogen and oxygen atoms in total. The number of aliphatic hydroxyl groups excluding tert-OH is 2. The summed E-state index contributed by atoms with van der Waals surface area (Å²) in [5.74, 6) is -12.5. The highest BCUT2D eigenvalue weighted by molar-refractivity contribution is 5.93. The highest BCUT2D eigenvalue weighted by Crippen LogP contribution is 2.38. The molecular formula is C27H24O18. The number of ether oxygens (including phenoxy) is 4. The van der Waals surface area contributed by atoms with Crippen LogP contribution < -0.4 is 0 Å². The molecular weight excluding hydrogens is 612 g/mol. The van der Waals surface area contributed by atoms with E-state index in [0.29, 0.717) is 24.3 Å². The molecule has 0 unspecified atom stereocenters. The molecule has 5 atom stereocenters. The third-order valence-electron chi connectivity index (χ3n) is 6.41. The summed E-state index contributed by atoms with van der Waals surface area (Å²) in [4.78, 5) is 38.5. The molecule has 240 valence electrons. The van der Waals surface area contributed by atoms with E-state index < -0.39 is 124 Å². The van der Waals surface area contributed by atoms with Gasteiger partial charge in [-0.1, -0.05) is 0 Å². The van der Waals surface area contributed by atoms with Gasteiger partial charge in [-0.25, -0.2) is 14.4 Å². The molecule has 45 heavy (non-hydrogen) atoms. The molecule has 0 radical (unpaired) electrons. The maximum atomic E-state index is 13.0. The molecule has 0 aliphatic carbocycles. The van der Waals surface area contributed by atoms with Gasteiger partial charge in [0.2, 0.25) is 0 Å². The Balaban J connectivity index is 1.66. The van der Waals surface area contributed by atoms with Gasteiger partial charge in [-0.3, -0.25) is 0 Å². The van der Waals surface area contributed by atoms with E-state index in [9.17, 15) is 70.6 Å². The number of phenols is 9. The van der Waals surface area contributed by atoms with Crippen molar-refractivity contribution in [2.45, 2.75) is 30.7 Å². The van der Waals surface area contributed by atoms with Crippen LogP contribution in [0.25, 0.3) is 0 Å². The van der Waals surface area contributed by atoms with E-state index in [-0.39, 0.29) is 0 Å². The Bertz CT molecular complexity index is 1580. The molecule has 1 saturated heterocycles. The van der Waals surface area contributed by atoms with Gasteiger partial charge in [-0.05, 0) is 36.4 Å². The molecule has 3 aromatic rings. The lowest BCUT2D eigenvalue weighted by Gasteiger charge is -2.41. The molecule has 11 N–H and O–H groups in total. The summed E-state index contributed by atoms with van der Waals surface area (Å²) in [6.45, 7) is -0.941. The van der Waals surface area contributed by atoms with Crippen molar-refractivity contribution in [3.63, 3.8) is 0 Å².